The highest BCUT2D eigenvalue weighted by molar-refractivity contribution is 6.44. The first-order valence-electron chi connectivity index (χ1n) is 8.13. The van der Waals surface area contributed by atoms with E-state index in [1.54, 1.807) is 37.2 Å². The topological polar surface area (TPSA) is 61.4 Å². The third-order valence-electron chi connectivity index (χ3n) is 3.73. The number of carbonyl (C=O) groups excluding carboxylic acids is 2. The van der Waals surface area contributed by atoms with Gasteiger partial charge in [-0.15, -0.1) is 0 Å². The molecule has 7 heteroatoms. The van der Waals surface area contributed by atoms with Crippen LogP contribution >= 0.6 is 23.2 Å². The van der Waals surface area contributed by atoms with Gasteiger partial charge in [-0.05, 0) is 36.2 Å². The van der Waals surface area contributed by atoms with Crippen LogP contribution in [0.1, 0.15) is 12.0 Å². The highest BCUT2D eigenvalue weighted by Crippen LogP contribution is 2.29. The molecular weight excluding hydrogens is 373 g/mol. The van der Waals surface area contributed by atoms with Crippen molar-refractivity contribution in [2.45, 2.75) is 12.8 Å². The Balaban J connectivity index is 1.89. The average Bonchev–Trinajstić information content (AvgIpc) is 2.62. The summed E-state index contributed by atoms with van der Waals surface area (Å²) in [4.78, 5) is 25.4. The molecule has 0 saturated carbocycles. The lowest BCUT2D eigenvalue weighted by Crippen LogP contribution is -2.22. The van der Waals surface area contributed by atoms with Gasteiger partial charge < -0.3 is 15.5 Å². The second-order valence-corrected chi connectivity index (χ2v) is 6.78. The third kappa shape index (κ3) is 5.93. The number of benzene rings is 2. The fourth-order valence-electron chi connectivity index (χ4n) is 2.29. The van der Waals surface area contributed by atoms with E-state index in [2.05, 4.69) is 10.6 Å². The Hall–Kier alpha value is -2.24. The van der Waals surface area contributed by atoms with E-state index in [1.165, 1.54) is 0 Å². The van der Waals surface area contributed by atoms with Crippen molar-refractivity contribution in [3.63, 3.8) is 0 Å². The zero-order chi connectivity index (χ0) is 19.1. The average molecular weight is 394 g/mol. The van der Waals surface area contributed by atoms with Gasteiger partial charge >= 0.3 is 0 Å². The van der Waals surface area contributed by atoms with Crippen LogP contribution in [0.15, 0.2) is 42.5 Å². The van der Waals surface area contributed by atoms with Crippen LogP contribution in [0.5, 0.6) is 0 Å². The van der Waals surface area contributed by atoms with Gasteiger partial charge in [-0.2, -0.15) is 0 Å². The normalized spacial score (nSPS) is 10.3. The number of rotatable bonds is 7. The maximum atomic E-state index is 12.1. The molecule has 0 bridgehead atoms. The number of hydrogen-bond acceptors (Lipinski definition) is 3. The van der Waals surface area contributed by atoms with E-state index in [-0.39, 0.29) is 18.4 Å². The van der Waals surface area contributed by atoms with E-state index in [9.17, 15) is 9.59 Å². The predicted molar refractivity (Wildman–Crippen MR) is 107 cm³/mol. The second-order valence-electron chi connectivity index (χ2n) is 5.99. The summed E-state index contributed by atoms with van der Waals surface area (Å²) in [5.74, 6) is -0.150. The number of nitrogens with one attached hydrogen (secondary N) is 2. The molecule has 0 fully saturated rings. The van der Waals surface area contributed by atoms with Crippen LogP contribution in [0.25, 0.3) is 0 Å². The first kappa shape index (κ1) is 20.1. The minimum Gasteiger partial charge on any atom is -0.376 e. The standard InChI is InChI=1S/C19H21Cl2N3O2/c1-24(2)18(26)10-9-13-5-3-6-14(11-13)22-12-17(25)23-16-8-4-7-15(20)19(16)21/h3-8,11,22H,9-10,12H2,1-2H3,(H,23,25). The molecule has 0 saturated heterocycles. The zero-order valence-electron chi connectivity index (χ0n) is 14.7. The first-order chi connectivity index (χ1) is 12.4. The zero-order valence-corrected chi connectivity index (χ0v) is 16.2. The van der Waals surface area contributed by atoms with Crippen molar-refractivity contribution in [2.75, 3.05) is 31.3 Å². The largest absolute Gasteiger partial charge is 0.376 e. The third-order valence-corrected chi connectivity index (χ3v) is 4.55. The molecule has 2 amide bonds. The summed E-state index contributed by atoms with van der Waals surface area (Å²) in [7, 11) is 3.48. The first-order valence-corrected chi connectivity index (χ1v) is 8.89. The highest BCUT2D eigenvalue weighted by Gasteiger charge is 2.09. The Morgan fingerprint density at radius 1 is 1.08 bits per heavy atom. The fraction of sp³-hybridized carbons (Fsp3) is 0.263. The molecule has 2 rings (SSSR count). The molecule has 0 aliphatic carbocycles. The van der Waals surface area contributed by atoms with Crippen molar-refractivity contribution in [3.8, 4) is 0 Å². The summed E-state index contributed by atoms with van der Waals surface area (Å²) >= 11 is 12.0. The van der Waals surface area contributed by atoms with Crippen LogP contribution < -0.4 is 10.6 Å². The number of carbonyl (C=O) groups is 2. The molecule has 0 atom stereocenters. The van der Waals surface area contributed by atoms with Gasteiger partial charge in [0.2, 0.25) is 11.8 Å². The van der Waals surface area contributed by atoms with Crippen LogP contribution in [-0.2, 0) is 16.0 Å². The molecule has 2 N–H and O–H groups in total. The second kappa shape index (κ2) is 9.46. The molecule has 0 spiro atoms. The van der Waals surface area contributed by atoms with Gasteiger partial charge in [0.1, 0.15) is 0 Å². The van der Waals surface area contributed by atoms with Crippen LogP contribution in [0, 0.1) is 0 Å². The van der Waals surface area contributed by atoms with Crippen LogP contribution in [0.2, 0.25) is 10.0 Å². The lowest BCUT2D eigenvalue weighted by Gasteiger charge is -2.12. The molecule has 2 aromatic rings. The molecule has 5 nitrogen and oxygen atoms in total. The maximum Gasteiger partial charge on any atom is 0.243 e. The number of anilines is 2. The summed E-state index contributed by atoms with van der Waals surface area (Å²) in [6.07, 6.45) is 1.10. The summed E-state index contributed by atoms with van der Waals surface area (Å²) < 4.78 is 0. The number of halogens is 2. The Bertz CT molecular complexity index is 794. The van der Waals surface area contributed by atoms with E-state index in [1.807, 2.05) is 24.3 Å². The van der Waals surface area contributed by atoms with Gasteiger partial charge in [0.05, 0.1) is 22.3 Å². The van der Waals surface area contributed by atoms with Crippen molar-refractivity contribution in [1.29, 1.82) is 0 Å². The Kier molecular flexibility index (Phi) is 7.30. The summed E-state index contributed by atoms with van der Waals surface area (Å²) in [5.41, 5.74) is 2.32. The van der Waals surface area contributed by atoms with Crippen molar-refractivity contribution in [1.82, 2.24) is 4.90 Å². The number of hydrogen-bond donors (Lipinski definition) is 2. The van der Waals surface area contributed by atoms with Crippen LogP contribution in [0.3, 0.4) is 0 Å². The van der Waals surface area contributed by atoms with Gasteiger partial charge in [-0.25, -0.2) is 0 Å². The van der Waals surface area contributed by atoms with Gasteiger partial charge in [0.15, 0.2) is 0 Å². The summed E-state index contributed by atoms with van der Waals surface area (Å²) in [5, 5.41) is 6.49. The molecule has 0 heterocycles. The molecule has 26 heavy (non-hydrogen) atoms. The lowest BCUT2D eigenvalue weighted by atomic mass is 10.1. The molecular formula is C19H21Cl2N3O2. The van der Waals surface area contributed by atoms with Gasteiger partial charge in [0, 0.05) is 26.2 Å². The molecule has 0 aliphatic rings. The fourth-order valence-corrected chi connectivity index (χ4v) is 2.64. The van der Waals surface area contributed by atoms with Crippen molar-refractivity contribution < 1.29 is 9.59 Å². The van der Waals surface area contributed by atoms with Crippen molar-refractivity contribution in [2.24, 2.45) is 0 Å². The molecule has 0 aliphatic heterocycles. The Morgan fingerprint density at radius 2 is 1.81 bits per heavy atom. The quantitative estimate of drug-likeness (QED) is 0.745. The Morgan fingerprint density at radius 3 is 2.54 bits per heavy atom. The molecule has 0 unspecified atom stereocenters. The summed E-state index contributed by atoms with van der Waals surface area (Å²) in [6.45, 7) is 0.0862. The minimum atomic E-state index is -0.234. The molecule has 138 valence electrons. The highest BCUT2D eigenvalue weighted by atomic mass is 35.5. The predicted octanol–water partition coefficient (Wildman–Crippen LogP) is 4.06. The number of aryl methyl sites for hydroxylation is 1. The molecule has 0 radical (unpaired) electrons. The van der Waals surface area contributed by atoms with Crippen molar-refractivity contribution >= 4 is 46.4 Å². The van der Waals surface area contributed by atoms with Gasteiger partial charge in [-0.1, -0.05) is 41.4 Å². The van der Waals surface area contributed by atoms with E-state index < -0.39 is 0 Å². The molecule has 2 aromatic carbocycles. The van der Waals surface area contributed by atoms with E-state index in [4.69, 9.17) is 23.2 Å². The monoisotopic (exact) mass is 393 g/mol. The van der Waals surface area contributed by atoms with E-state index in [0.29, 0.717) is 28.6 Å². The smallest absolute Gasteiger partial charge is 0.243 e. The van der Waals surface area contributed by atoms with Gasteiger partial charge in [-0.3, -0.25) is 9.59 Å². The Labute approximate surface area is 163 Å². The van der Waals surface area contributed by atoms with E-state index >= 15 is 0 Å². The summed E-state index contributed by atoms with van der Waals surface area (Å²) in [6, 6.07) is 12.7. The van der Waals surface area contributed by atoms with E-state index in [0.717, 1.165) is 11.3 Å². The minimum absolute atomic E-state index is 0.0844. The number of amides is 2. The molecule has 0 aromatic heterocycles. The van der Waals surface area contributed by atoms with Crippen LogP contribution in [0.4, 0.5) is 11.4 Å². The lowest BCUT2D eigenvalue weighted by molar-refractivity contribution is -0.128. The number of nitrogens with zero attached hydrogens (tertiary/aromatic N) is 1. The SMILES string of the molecule is CN(C)C(=O)CCc1cccc(NCC(=O)Nc2cccc(Cl)c2Cl)c1. The van der Waals surface area contributed by atoms with Crippen molar-refractivity contribution in [3.05, 3.63) is 58.1 Å². The maximum absolute atomic E-state index is 12.1. The van der Waals surface area contributed by atoms with Gasteiger partial charge in [0.25, 0.3) is 0 Å². The van der Waals surface area contributed by atoms with Crippen LogP contribution in [-0.4, -0.2) is 37.4 Å².